The van der Waals surface area contributed by atoms with Crippen LogP contribution in [-0.2, 0) is 24.7 Å². The van der Waals surface area contributed by atoms with Crippen molar-refractivity contribution in [2.75, 3.05) is 17.2 Å². The predicted octanol–water partition coefficient (Wildman–Crippen LogP) is 4.22. The molecule has 0 bridgehead atoms. The monoisotopic (exact) mass is 566 g/mol. The summed E-state index contributed by atoms with van der Waals surface area (Å²) in [7, 11) is 1.53. The summed E-state index contributed by atoms with van der Waals surface area (Å²) in [6.07, 6.45) is 2.06. The van der Waals surface area contributed by atoms with Crippen molar-refractivity contribution in [3.05, 3.63) is 34.1 Å². The van der Waals surface area contributed by atoms with Crippen LogP contribution >= 0.6 is 11.3 Å². The number of nitrogens with one attached hydrogen (secondary N) is 3. The fraction of sp³-hybridized carbons (Fsp3) is 0.542. The number of nitrogens with zero attached hydrogens (tertiary/aromatic N) is 5. The van der Waals surface area contributed by atoms with Crippen molar-refractivity contribution < 1.29 is 27.2 Å². The number of carbonyl (C=O) groups excluding carboxylic acids is 2. The molecule has 3 aromatic heterocycles. The second-order valence-corrected chi connectivity index (χ2v) is 11.4. The van der Waals surface area contributed by atoms with E-state index in [1.54, 1.807) is 4.57 Å². The van der Waals surface area contributed by atoms with Crippen LogP contribution in [0, 0.1) is 11.8 Å². The molecule has 3 aliphatic rings. The van der Waals surface area contributed by atoms with Gasteiger partial charge in [0.05, 0.1) is 5.56 Å². The van der Waals surface area contributed by atoms with Gasteiger partial charge >= 0.3 is 0 Å². The molecule has 6 rings (SSSR count). The fourth-order valence-electron chi connectivity index (χ4n) is 4.90. The molecular formula is C24H26F4N8O2S. The highest BCUT2D eigenvalue weighted by molar-refractivity contribution is 7.17. The Hall–Kier alpha value is -3.49. The number of alkyl halides is 4. The van der Waals surface area contributed by atoms with Gasteiger partial charge in [-0.25, -0.2) is 17.6 Å². The van der Waals surface area contributed by atoms with E-state index in [1.807, 2.05) is 0 Å². The first kappa shape index (κ1) is 25.8. The van der Waals surface area contributed by atoms with Crippen LogP contribution in [0.5, 0.6) is 0 Å². The van der Waals surface area contributed by atoms with Crippen LogP contribution < -0.4 is 16.0 Å². The van der Waals surface area contributed by atoms with Crippen molar-refractivity contribution in [2.24, 2.45) is 18.9 Å². The van der Waals surface area contributed by atoms with Gasteiger partial charge in [-0.05, 0) is 43.6 Å². The van der Waals surface area contributed by atoms with Crippen molar-refractivity contribution in [2.45, 2.75) is 56.9 Å². The van der Waals surface area contributed by atoms with E-state index >= 15 is 0 Å². The van der Waals surface area contributed by atoms with Gasteiger partial charge < -0.3 is 16.0 Å². The maximum absolute atomic E-state index is 13.5. The van der Waals surface area contributed by atoms with Gasteiger partial charge in [-0.1, -0.05) is 0 Å². The number of carbonyl (C=O) groups is 2. The van der Waals surface area contributed by atoms with Gasteiger partial charge in [-0.2, -0.15) is 5.10 Å². The third-order valence-electron chi connectivity index (χ3n) is 7.42. The first-order valence-electron chi connectivity index (χ1n) is 12.7. The Morgan fingerprint density at radius 3 is 2.69 bits per heavy atom. The molecule has 3 heterocycles. The Balaban J connectivity index is 1.26. The number of aryl methyl sites for hydroxylation is 2. The Labute approximate surface area is 224 Å². The van der Waals surface area contributed by atoms with E-state index in [1.165, 1.54) is 35.5 Å². The highest BCUT2D eigenvalue weighted by Gasteiger charge is 2.61. The molecule has 15 heteroatoms. The molecule has 2 saturated carbocycles. The lowest BCUT2D eigenvalue weighted by Gasteiger charge is -2.25. The Morgan fingerprint density at radius 1 is 1.26 bits per heavy atom. The van der Waals surface area contributed by atoms with Crippen molar-refractivity contribution >= 4 is 39.9 Å². The predicted molar refractivity (Wildman–Crippen MR) is 134 cm³/mol. The van der Waals surface area contributed by atoms with Gasteiger partial charge in [0.2, 0.25) is 11.9 Å². The molecule has 3 aromatic rings. The van der Waals surface area contributed by atoms with Crippen molar-refractivity contribution in [1.82, 2.24) is 29.9 Å². The van der Waals surface area contributed by atoms with Crippen LogP contribution in [0.1, 0.15) is 64.6 Å². The van der Waals surface area contributed by atoms with E-state index in [0.717, 1.165) is 23.3 Å². The second-order valence-electron chi connectivity index (χ2n) is 10.3. The summed E-state index contributed by atoms with van der Waals surface area (Å²) in [4.78, 5) is 26.7. The molecule has 208 valence electrons. The molecule has 0 saturated heterocycles. The van der Waals surface area contributed by atoms with E-state index in [0.29, 0.717) is 49.1 Å². The average molecular weight is 567 g/mol. The van der Waals surface area contributed by atoms with Gasteiger partial charge in [0.25, 0.3) is 18.3 Å². The van der Waals surface area contributed by atoms with E-state index < -0.39 is 30.6 Å². The van der Waals surface area contributed by atoms with Crippen LogP contribution in [0.15, 0.2) is 12.4 Å². The summed E-state index contributed by atoms with van der Waals surface area (Å²) >= 11 is 1.25. The van der Waals surface area contributed by atoms with E-state index in [4.69, 9.17) is 0 Å². The maximum Gasteiger partial charge on any atom is 0.282 e. The summed E-state index contributed by atoms with van der Waals surface area (Å²) < 4.78 is 56.3. The zero-order valence-corrected chi connectivity index (χ0v) is 21.7. The number of fused-ring (bicyclic) bond motifs is 1. The summed E-state index contributed by atoms with van der Waals surface area (Å²) in [5, 5.41) is 20.7. The number of anilines is 3. The van der Waals surface area contributed by atoms with Gasteiger partial charge in [0.15, 0.2) is 0 Å². The van der Waals surface area contributed by atoms with Crippen LogP contribution in [-0.4, -0.2) is 48.8 Å². The lowest BCUT2D eigenvalue weighted by molar-refractivity contribution is -0.119. The summed E-state index contributed by atoms with van der Waals surface area (Å²) in [6, 6.07) is 1.06. The Bertz CT molecular complexity index is 1430. The molecule has 10 nitrogen and oxygen atoms in total. The van der Waals surface area contributed by atoms with Crippen molar-refractivity contribution in [3.63, 3.8) is 0 Å². The van der Waals surface area contributed by atoms with Crippen LogP contribution in [0.4, 0.5) is 34.3 Å². The molecule has 3 aliphatic carbocycles. The molecule has 2 fully saturated rings. The number of halogens is 4. The standard InChI is InChI=1S/C24H26F4N8O2S/c1-35-17(7-15(34-35)19(25)26)31-23-33-30-10-36(23)12-4-5-16-13(6-12)18(21(38)29-9-11-2-3-11)22(39-16)32-20(37)14-8-24(14,27)28/h7,10-12,14,19H,2-6,8-9H2,1H3,(H,29,38)(H,31,33)(H,32,37)/t12-,14?/m0/s1. The number of amides is 2. The Morgan fingerprint density at radius 2 is 2.03 bits per heavy atom. The van der Waals surface area contributed by atoms with E-state index in [2.05, 4.69) is 31.2 Å². The number of rotatable bonds is 9. The molecule has 2 amide bonds. The molecule has 39 heavy (non-hydrogen) atoms. The molecule has 3 N–H and O–H groups in total. The molecule has 0 radical (unpaired) electrons. The third-order valence-corrected chi connectivity index (χ3v) is 8.63. The number of hydrogen-bond donors (Lipinski definition) is 3. The van der Waals surface area contributed by atoms with Gasteiger partial charge in [0, 0.05) is 37.0 Å². The number of hydrogen-bond acceptors (Lipinski definition) is 7. The highest BCUT2D eigenvalue weighted by atomic mass is 32.1. The summed E-state index contributed by atoms with van der Waals surface area (Å²) in [5.41, 5.74) is 0.697. The van der Waals surface area contributed by atoms with Crippen LogP contribution in [0.3, 0.4) is 0 Å². The fourth-order valence-corrected chi connectivity index (χ4v) is 6.15. The quantitative estimate of drug-likeness (QED) is 0.334. The largest absolute Gasteiger partial charge is 0.352 e. The minimum atomic E-state index is -3.01. The zero-order chi connectivity index (χ0) is 27.5. The normalized spacial score (nSPS) is 21.5. The van der Waals surface area contributed by atoms with Gasteiger partial charge in [-0.3, -0.25) is 18.8 Å². The minimum absolute atomic E-state index is 0.182. The molecule has 2 atom stereocenters. The van der Waals surface area contributed by atoms with E-state index in [-0.39, 0.29) is 22.6 Å². The molecule has 0 aromatic carbocycles. The maximum atomic E-state index is 13.5. The first-order chi connectivity index (χ1) is 18.6. The van der Waals surface area contributed by atoms with Gasteiger partial charge in [-0.15, -0.1) is 21.5 Å². The summed E-state index contributed by atoms with van der Waals surface area (Å²) in [5.74, 6) is -4.44. The SMILES string of the molecule is Cn1nc(C(F)F)cc1Nc1nncn1[C@H]1CCc2sc(NC(=O)C3CC3(F)F)c(C(=O)NCC3CC3)c2C1. The average Bonchev–Trinajstić information content (AvgIpc) is 3.66. The van der Waals surface area contributed by atoms with Crippen molar-refractivity contribution in [1.29, 1.82) is 0 Å². The van der Waals surface area contributed by atoms with Gasteiger partial charge in [0.1, 0.15) is 28.8 Å². The highest BCUT2D eigenvalue weighted by Crippen LogP contribution is 2.50. The molecule has 0 aliphatic heterocycles. The number of aromatic nitrogens is 5. The second kappa shape index (κ2) is 9.61. The Kier molecular flexibility index (Phi) is 6.35. The minimum Gasteiger partial charge on any atom is -0.352 e. The van der Waals surface area contributed by atoms with Crippen molar-refractivity contribution in [3.8, 4) is 0 Å². The van der Waals surface area contributed by atoms with Crippen LogP contribution in [0.2, 0.25) is 0 Å². The van der Waals surface area contributed by atoms with E-state index in [9.17, 15) is 27.2 Å². The third kappa shape index (κ3) is 5.11. The van der Waals surface area contributed by atoms with Crippen LogP contribution in [0.25, 0.3) is 0 Å². The smallest absolute Gasteiger partial charge is 0.282 e. The zero-order valence-electron chi connectivity index (χ0n) is 20.9. The lowest BCUT2D eigenvalue weighted by Crippen LogP contribution is -2.29. The lowest BCUT2D eigenvalue weighted by atomic mass is 9.91. The molecule has 0 spiro atoms. The first-order valence-corrected chi connectivity index (χ1v) is 13.5. The number of thiophene rings is 1. The molecular weight excluding hydrogens is 540 g/mol. The topological polar surface area (TPSA) is 119 Å². The summed E-state index contributed by atoms with van der Waals surface area (Å²) in [6.45, 7) is 0.520. The molecule has 1 unspecified atom stereocenters.